The average Bonchev–Trinajstić information content (AvgIpc) is 3.16. The van der Waals surface area contributed by atoms with Gasteiger partial charge in [0.2, 0.25) is 0 Å². The Kier molecular flexibility index (Phi) is 4.71. The number of ether oxygens (including phenoxy) is 1. The minimum atomic E-state index is -0.680. The summed E-state index contributed by atoms with van der Waals surface area (Å²) in [5.74, 6) is -0.263. The summed E-state index contributed by atoms with van der Waals surface area (Å²) >= 11 is 3.37. The Labute approximate surface area is 151 Å². The van der Waals surface area contributed by atoms with Gasteiger partial charge in [0.15, 0.2) is 0 Å². The predicted molar refractivity (Wildman–Crippen MR) is 92.1 cm³/mol. The predicted octanol–water partition coefficient (Wildman–Crippen LogP) is 2.77. The molecule has 8 heteroatoms. The molecule has 0 spiro atoms. The Morgan fingerprint density at radius 2 is 1.96 bits per heavy atom. The van der Waals surface area contributed by atoms with Crippen molar-refractivity contribution >= 4 is 39.9 Å². The second-order valence-corrected chi connectivity index (χ2v) is 6.08. The van der Waals surface area contributed by atoms with Gasteiger partial charge in [-0.05, 0) is 24.3 Å². The lowest BCUT2D eigenvalue weighted by molar-refractivity contribution is -0.143. The summed E-state index contributed by atoms with van der Waals surface area (Å²) in [6.45, 7) is -0.444. The highest BCUT2D eigenvalue weighted by Crippen LogP contribution is 2.25. The molecule has 0 saturated carbocycles. The molecule has 1 saturated heterocycles. The number of carbonyl (C=O) groups excluding carboxylic acids is 3. The number of hydrogen-bond donors (Lipinski definition) is 1. The van der Waals surface area contributed by atoms with E-state index in [2.05, 4.69) is 26.0 Å². The minimum Gasteiger partial charge on any atom is -0.468 e. The van der Waals surface area contributed by atoms with E-state index < -0.39 is 24.5 Å². The fraction of sp³-hybridized carbons (Fsp3) is 0.118. The molecule has 0 atom stereocenters. The van der Waals surface area contributed by atoms with Crippen LogP contribution in [0.15, 0.2) is 51.0 Å². The molecule has 0 radical (unpaired) electrons. The van der Waals surface area contributed by atoms with E-state index >= 15 is 0 Å². The Morgan fingerprint density at radius 3 is 2.64 bits per heavy atom. The van der Waals surface area contributed by atoms with E-state index in [-0.39, 0.29) is 5.70 Å². The lowest BCUT2D eigenvalue weighted by atomic mass is 10.2. The van der Waals surface area contributed by atoms with Crippen LogP contribution in [0, 0.1) is 0 Å². The van der Waals surface area contributed by atoms with Crippen molar-refractivity contribution in [3.8, 4) is 11.3 Å². The normalized spacial score (nSPS) is 15.6. The van der Waals surface area contributed by atoms with Crippen LogP contribution >= 0.6 is 15.9 Å². The van der Waals surface area contributed by atoms with Crippen molar-refractivity contribution in [2.45, 2.75) is 0 Å². The Hall–Kier alpha value is -2.87. The van der Waals surface area contributed by atoms with Crippen LogP contribution in [0.25, 0.3) is 17.4 Å². The van der Waals surface area contributed by atoms with Crippen molar-refractivity contribution in [3.63, 3.8) is 0 Å². The maximum atomic E-state index is 12.2. The number of halogens is 1. The number of urea groups is 1. The number of rotatable bonds is 4. The highest BCUT2D eigenvalue weighted by molar-refractivity contribution is 9.10. The third-order valence-electron chi connectivity index (χ3n) is 3.52. The van der Waals surface area contributed by atoms with Crippen LogP contribution < -0.4 is 5.32 Å². The van der Waals surface area contributed by atoms with Gasteiger partial charge in [-0.3, -0.25) is 9.59 Å². The fourth-order valence-electron chi connectivity index (χ4n) is 2.25. The van der Waals surface area contributed by atoms with Gasteiger partial charge in [-0.2, -0.15) is 0 Å². The summed E-state index contributed by atoms with van der Waals surface area (Å²) in [6, 6.07) is 10.3. The first-order valence-electron chi connectivity index (χ1n) is 7.25. The molecule has 0 aliphatic carbocycles. The summed E-state index contributed by atoms with van der Waals surface area (Å²) < 4.78 is 11.1. The van der Waals surface area contributed by atoms with Gasteiger partial charge in [0.25, 0.3) is 5.91 Å². The van der Waals surface area contributed by atoms with E-state index in [9.17, 15) is 14.4 Å². The number of nitrogens with one attached hydrogen (secondary N) is 1. The SMILES string of the molecule is COC(=O)CN1C(=O)NC(=Cc2ccc(-c3ccc(Br)cc3)o2)C1=O. The molecule has 2 aromatic rings. The minimum absolute atomic E-state index is 0.0330. The Balaban J connectivity index is 1.79. The van der Waals surface area contributed by atoms with Crippen LogP contribution in [0.5, 0.6) is 0 Å². The van der Waals surface area contributed by atoms with Crippen LogP contribution in [0.3, 0.4) is 0 Å². The van der Waals surface area contributed by atoms with Gasteiger partial charge >= 0.3 is 12.0 Å². The van der Waals surface area contributed by atoms with Gasteiger partial charge in [0.1, 0.15) is 23.8 Å². The number of imide groups is 1. The first-order chi connectivity index (χ1) is 12.0. The number of esters is 1. The van der Waals surface area contributed by atoms with Crippen molar-refractivity contribution in [1.82, 2.24) is 10.2 Å². The highest BCUT2D eigenvalue weighted by atomic mass is 79.9. The van der Waals surface area contributed by atoms with Gasteiger partial charge in [0.05, 0.1) is 7.11 Å². The van der Waals surface area contributed by atoms with Gasteiger partial charge in [-0.25, -0.2) is 9.69 Å². The van der Waals surface area contributed by atoms with Gasteiger partial charge in [-0.1, -0.05) is 28.1 Å². The fourth-order valence-corrected chi connectivity index (χ4v) is 2.52. The smallest absolute Gasteiger partial charge is 0.329 e. The molecule has 3 amide bonds. The summed E-state index contributed by atoms with van der Waals surface area (Å²) in [4.78, 5) is 36.1. The van der Waals surface area contributed by atoms with Crippen LogP contribution in [0.1, 0.15) is 5.76 Å². The molecule has 128 valence electrons. The van der Waals surface area contributed by atoms with Crippen LogP contribution in [-0.2, 0) is 14.3 Å². The zero-order chi connectivity index (χ0) is 18.0. The maximum absolute atomic E-state index is 12.2. The van der Waals surface area contributed by atoms with Gasteiger partial charge in [0, 0.05) is 16.1 Å². The van der Waals surface area contributed by atoms with Crippen molar-refractivity contribution in [1.29, 1.82) is 0 Å². The zero-order valence-electron chi connectivity index (χ0n) is 13.1. The van der Waals surface area contributed by atoms with E-state index in [0.717, 1.165) is 14.9 Å². The molecule has 1 aliphatic rings. The van der Waals surface area contributed by atoms with E-state index in [1.165, 1.54) is 13.2 Å². The number of furan rings is 1. The van der Waals surface area contributed by atoms with Crippen LogP contribution in [-0.4, -0.2) is 36.5 Å². The Morgan fingerprint density at radius 1 is 1.24 bits per heavy atom. The first-order valence-corrected chi connectivity index (χ1v) is 8.04. The van der Waals surface area contributed by atoms with E-state index in [1.54, 1.807) is 12.1 Å². The number of amides is 3. The molecule has 7 nitrogen and oxygen atoms in total. The molecule has 1 fully saturated rings. The van der Waals surface area contributed by atoms with Crippen LogP contribution in [0.2, 0.25) is 0 Å². The third-order valence-corrected chi connectivity index (χ3v) is 4.05. The number of carbonyl (C=O) groups is 3. The largest absolute Gasteiger partial charge is 0.468 e. The van der Waals surface area contributed by atoms with Crippen LogP contribution in [0.4, 0.5) is 4.79 Å². The molecular formula is C17H13BrN2O5. The van der Waals surface area contributed by atoms with E-state index in [0.29, 0.717) is 11.5 Å². The monoisotopic (exact) mass is 404 g/mol. The number of methoxy groups -OCH3 is 1. The third kappa shape index (κ3) is 3.63. The van der Waals surface area contributed by atoms with Gasteiger partial charge < -0.3 is 14.5 Å². The number of hydrogen-bond acceptors (Lipinski definition) is 5. The lowest BCUT2D eigenvalue weighted by Crippen LogP contribution is -2.36. The molecule has 2 heterocycles. The van der Waals surface area contributed by atoms with Crippen molar-refractivity contribution < 1.29 is 23.5 Å². The summed E-state index contributed by atoms with van der Waals surface area (Å²) in [5.41, 5.74) is 0.910. The average molecular weight is 405 g/mol. The standard InChI is InChI=1S/C17H13BrN2O5/c1-24-15(21)9-20-16(22)13(19-17(20)23)8-12-6-7-14(25-12)10-2-4-11(18)5-3-10/h2-8H,9H2,1H3,(H,19,23). The topological polar surface area (TPSA) is 88.8 Å². The van der Waals surface area contributed by atoms with Crippen molar-refractivity contribution in [2.24, 2.45) is 0 Å². The molecule has 1 N–H and O–H groups in total. The van der Waals surface area contributed by atoms with E-state index in [1.807, 2.05) is 24.3 Å². The quantitative estimate of drug-likeness (QED) is 0.480. The Bertz CT molecular complexity index is 869. The molecule has 1 aromatic heterocycles. The summed E-state index contributed by atoms with van der Waals surface area (Å²) in [7, 11) is 1.18. The zero-order valence-corrected chi connectivity index (χ0v) is 14.7. The van der Waals surface area contributed by atoms with Crippen molar-refractivity contribution in [2.75, 3.05) is 13.7 Å². The highest BCUT2D eigenvalue weighted by Gasteiger charge is 2.35. The van der Waals surface area contributed by atoms with Crippen molar-refractivity contribution in [3.05, 3.63) is 52.3 Å². The second-order valence-electron chi connectivity index (χ2n) is 5.16. The lowest BCUT2D eigenvalue weighted by Gasteiger charge is -2.08. The number of nitrogens with zero attached hydrogens (tertiary/aromatic N) is 1. The molecule has 0 unspecified atom stereocenters. The molecular weight excluding hydrogens is 392 g/mol. The van der Waals surface area contributed by atoms with E-state index in [4.69, 9.17) is 4.42 Å². The summed E-state index contributed by atoms with van der Waals surface area (Å²) in [5, 5.41) is 2.41. The summed E-state index contributed by atoms with van der Waals surface area (Å²) in [6.07, 6.45) is 1.42. The first kappa shape index (κ1) is 17.0. The molecule has 3 rings (SSSR count). The molecule has 1 aromatic carbocycles. The van der Waals surface area contributed by atoms with Gasteiger partial charge in [-0.15, -0.1) is 0 Å². The molecule has 0 bridgehead atoms. The molecule has 25 heavy (non-hydrogen) atoms. The maximum Gasteiger partial charge on any atom is 0.329 e. The molecule has 1 aliphatic heterocycles. The second kappa shape index (κ2) is 6.94. The number of benzene rings is 1.